The van der Waals surface area contributed by atoms with Gasteiger partial charge in [-0.25, -0.2) is 4.98 Å². The van der Waals surface area contributed by atoms with Crippen LogP contribution in [0.5, 0.6) is 0 Å². The average Bonchev–Trinajstić information content (AvgIpc) is 3.38. The molecule has 7 heteroatoms. The minimum absolute atomic E-state index is 0.394. The van der Waals surface area contributed by atoms with Crippen LogP contribution >= 0.6 is 0 Å². The summed E-state index contributed by atoms with van der Waals surface area (Å²) in [5.74, 6) is 0.937. The minimum Gasteiger partial charge on any atom is -0.342 e. The average molecular weight is 402 g/mol. The number of aromatic amines is 1. The summed E-state index contributed by atoms with van der Waals surface area (Å²) in [6, 6.07) is 13.1. The fraction of sp³-hybridized carbons (Fsp3) is 0.348. The molecule has 0 aliphatic carbocycles. The zero-order valence-corrected chi connectivity index (χ0v) is 17.5. The highest BCUT2D eigenvalue weighted by Gasteiger charge is 2.18. The minimum atomic E-state index is 0.394. The highest BCUT2D eigenvalue weighted by atomic mass is 15.3. The van der Waals surface area contributed by atoms with Crippen LogP contribution in [0.3, 0.4) is 0 Å². The fourth-order valence-electron chi connectivity index (χ4n) is 4.27. The fourth-order valence-corrected chi connectivity index (χ4v) is 4.27. The lowest BCUT2D eigenvalue weighted by Gasteiger charge is -2.33. The second kappa shape index (κ2) is 8.01. The van der Waals surface area contributed by atoms with Crippen LogP contribution in [-0.4, -0.2) is 55.8 Å². The molecule has 30 heavy (non-hydrogen) atoms. The van der Waals surface area contributed by atoms with E-state index in [1.54, 1.807) is 0 Å². The molecule has 5 rings (SSSR count). The quantitative estimate of drug-likeness (QED) is 0.538. The highest BCUT2D eigenvalue weighted by Crippen LogP contribution is 2.24. The lowest BCUT2D eigenvalue weighted by molar-refractivity contribution is 0.185. The molecule has 4 aromatic rings. The third-order valence-corrected chi connectivity index (χ3v) is 6.02. The van der Waals surface area contributed by atoms with Crippen LogP contribution in [0.25, 0.3) is 22.3 Å². The molecule has 1 aromatic carbocycles. The Morgan fingerprint density at radius 2 is 1.93 bits per heavy atom. The number of fused-ring (bicyclic) bond motifs is 1. The van der Waals surface area contributed by atoms with E-state index in [-0.39, 0.29) is 0 Å². The molecule has 0 bridgehead atoms. The number of piperazine rings is 1. The van der Waals surface area contributed by atoms with Gasteiger partial charge >= 0.3 is 0 Å². The van der Waals surface area contributed by atoms with Gasteiger partial charge in [0.15, 0.2) is 0 Å². The summed E-state index contributed by atoms with van der Waals surface area (Å²) in [6.45, 7) is 6.57. The SMILES string of the molecule is CC(c1ccnc(Cc2nc3ccc(-c4ccnn4C)cc3[nH]2)c1)N1CCNCC1. The van der Waals surface area contributed by atoms with Crippen LogP contribution in [0.2, 0.25) is 0 Å². The Morgan fingerprint density at radius 3 is 2.73 bits per heavy atom. The van der Waals surface area contributed by atoms with E-state index in [9.17, 15) is 0 Å². The summed E-state index contributed by atoms with van der Waals surface area (Å²) in [5.41, 5.74) is 6.58. The summed E-state index contributed by atoms with van der Waals surface area (Å²) >= 11 is 0. The topological polar surface area (TPSA) is 74.7 Å². The number of aryl methyl sites for hydroxylation is 1. The van der Waals surface area contributed by atoms with E-state index in [1.165, 1.54) is 5.56 Å². The molecule has 0 spiro atoms. The molecule has 1 unspecified atom stereocenters. The number of nitrogens with one attached hydrogen (secondary N) is 2. The third kappa shape index (κ3) is 3.74. The maximum Gasteiger partial charge on any atom is 0.113 e. The Morgan fingerprint density at radius 1 is 1.07 bits per heavy atom. The second-order valence-corrected chi connectivity index (χ2v) is 7.97. The van der Waals surface area contributed by atoms with Gasteiger partial charge in [-0.3, -0.25) is 14.6 Å². The molecule has 0 amide bonds. The van der Waals surface area contributed by atoms with Gasteiger partial charge in [-0.15, -0.1) is 0 Å². The van der Waals surface area contributed by atoms with Gasteiger partial charge in [-0.2, -0.15) is 5.10 Å². The van der Waals surface area contributed by atoms with E-state index in [2.05, 4.69) is 62.5 Å². The Kier molecular flexibility index (Phi) is 5.06. The summed E-state index contributed by atoms with van der Waals surface area (Å²) in [6.07, 6.45) is 4.43. The smallest absolute Gasteiger partial charge is 0.113 e. The van der Waals surface area contributed by atoms with Crippen molar-refractivity contribution in [3.05, 3.63) is 65.9 Å². The zero-order chi connectivity index (χ0) is 20.5. The van der Waals surface area contributed by atoms with Crippen molar-refractivity contribution in [2.75, 3.05) is 26.2 Å². The van der Waals surface area contributed by atoms with E-state index < -0.39 is 0 Å². The number of aromatic nitrogens is 5. The Balaban J connectivity index is 1.37. The number of hydrogen-bond acceptors (Lipinski definition) is 5. The number of benzene rings is 1. The maximum atomic E-state index is 4.78. The van der Waals surface area contributed by atoms with Crippen LogP contribution in [0.1, 0.15) is 30.0 Å². The first-order valence-electron chi connectivity index (χ1n) is 10.5. The summed E-state index contributed by atoms with van der Waals surface area (Å²) in [7, 11) is 1.96. The van der Waals surface area contributed by atoms with Crippen LogP contribution in [0, 0.1) is 0 Å². The first-order valence-corrected chi connectivity index (χ1v) is 10.5. The molecule has 1 aliphatic rings. The molecule has 3 aromatic heterocycles. The number of H-pyrrole nitrogens is 1. The maximum absolute atomic E-state index is 4.78. The molecule has 7 nitrogen and oxygen atoms in total. The number of nitrogens with zero attached hydrogens (tertiary/aromatic N) is 5. The van der Waals surface area contributed by atoms with Crippen molar-refractivity contribution < 1.29 is 0 Å². The molecule has 4 heterocycles. The van der Waals surface area contributed by atoms with Gasteiger partial charge in [0.05, 0.1) is 16.7 Å². The van der Waals surface area contributed by atoms with Crippen LogP contribution in [-0.2, 0) is 13.5 Å². The Bertz CT molecular complexity index is 1150. The lowest BCUT2D eigenvalue weighted by Crippen LogP contribution is -2.44. The highest BCUT2D eigenvalue weighted by molar-refractivity contribution is 5.81. The molecule has 154 valence electrons. The Labute approximate surface area is 176 Å². The molecule has 1 aliphatic heterocycles. The van der Waals surface area contributed by atoms with E-state index in [1.807, 2.05) is 30.2 Å². The van der Waals surface area contributed by atoms with Gasteiger partial charge in [-0.1, -0.05) is 6.07 Å². The molecule has 1 fully saturated rings. The molecular formula is C23H27N7. The first-order chi connectivity index (χ1) is 14.7. The van der Waals surface area contributed by atoms with E-state index in [4.69, 9.17) is 4.98 Å². The molecule has 2 N–H and O–H groups in total. The molecular weight excluding hydrogens is 374 g/mol. The normalized spacial score (nSPS) is 16.2. The zero-order valence-electron chi connectivity index (χ0n) is 17.5. The van der Waals surface area contributed by atoms with Gasteiger partial charge < -0.3 is 10.3 Å². The van der Waals surface area contributed by atoms with Crippen molar-refractivity contribution in [2.24, 2.45) is 7.05 Å². The van der Waals surface area contributed by atoms with Crippen molar-refractivity contribution in [1.29, 1.82) is 0 Å². The number of pyridine rings is 1. The van der Waals surface area contributed by atoms with Gasteiger partial charge in [0.2, 0.25) is 0 Å². The first kappa shape index (κ1) is 19.0. The predicted octanol–water partition coefficient (Wildman–Crippen LogP) is 2.92. The van der Waals surface area contributed by atoms with Crippen LogP contribution in [0.15, 0.2) is 48.8 Å². The van der Waals surface area contributed by atoms with Crippen LogP contribution < -0.4 is 5.32 Å². The van der Waals surface area contributed by atoms with Gasteiger partial charge in [0.1, 0.15) is 5.82 Å². The molecule has 1 atom stereocenters. The predicted molar refractivity (Wildman–Crippen MR) is 118 cm³/mol. The Hall–Kier alpha value is -3.03. The van der Waals surface area contributed by atoms with E-state index in [0.29, 0.717) is 12.5 Å². The van der Waals surface area contributed by atoms with Crippen molar-refractivity contribution in [1.82, 2.24) is 34.9 Å². The van der Waals surface area contributed by atoms with E-state index in [0.717, 1.165) is 60.0 Å². The van der Waals surface area contributed by atoms with Crippen LogP contribution in [0.4, 0.5) is 0 Å². The summed E-state index contributed by atoms with van der Waals surface area (Å²) in [4.78, 5) is 15.4. The van der Waals surface area contributed by atoms with E-state index >= 15 is 0 Å². The lowest BCUT2D eigenvalue weighted by atomic mass is 10.1. The van der Waals surface area contributed by atoms with Crippen molar-refractivity contribution in [2.45, 2.75) is 19.4 Å². The second-order valence-electron chi connectivity index (χ2n) is 7.97. The molecule has 0 saturated carbocycles. The van der Waals surface area contributed by atoms with Crippen molar-refractivity contribution in [3.63, 3.8) is 0 Å². The van der Waals surface area contributed by atoms with Gasteiger partial charge in [-0.05, 0) is 42.8 Å². The van der Waals surface area contributed by atoms with Crippen molar-refractivity contribution in [3.8, 4) is 11.3 Å². The summed E-state index contributed by atoms with van der Waals surface area (Å²) < 4.78 is 1.88. The van der Waals surface area contributed by atoms with Gasteiger partial charge in [0, 0.05) is 69.3 Å². The number of rotatable bonds is 5. The van der Waals surface area contributed by atoms with Gasteiger partial charge in [0.25, 0.3) is 0 Å². The number of imidazole rings is 1. The summed E-state index contributed by atoms with van der Waals surface area (Å²) in [5, 5.41) is 7.69. The van der Waals surface area contributed by atoms with Crippen molar-refractivity contribution >= 4 is 11.0 Å². The monoisotopic (exact) mass is 401 g/mol. The largest absolute Gasteiger partial charge is 0.342 e. The number of hydrogen-bond donors (Lipinski definition) is 2. The molecule has 1 saturated heterocycles. The molecule has 0 radical (unpaired) electrons. The third-order valence-electron chi connectivity index (χ3n) is 6.02. The standard InChI is InChI=1S/C23H27N7/c1-16(30-11-9-24-10-12-30)17-5-7-25-19(13-17)15-23-27-20-4-3-18(14-21(20)28-23)22-6-8-26-29(22)2/h3-8,13-14,16,24H,9-12,15H2,1-2H3,(H,27,28).